The number of ether oxygens (including phenoxy) is 1. The van der Waals surface area contributed by atoms with Crippen LogP contribution < -0.4 is 5.32 Å². The highest BCUT2D eigenvalue weighted by atomic mass is 35.5. The maximum absolute atomic E-state index is 6.03. The molecule has 0 amide bonds. The Labute approximate surface area is 101 Å². The monoisotopic (exact) mass is 237 g/mol. The van der Waals surface area contributed by atoms with E-state index < -0.39 is 0 Å². The first-order valence-corrected chi connectivity index (χ1v) is 6.36. The standard InChI is InChI=1S/C13H16ClNO/c14-10-3-4-11-9(8-10)5-7-16-13(11)12-2-1-6-15-12/h3-4,8,12-13,15H,1-2,5-7H2/t12?,13-/m1/s1. The molecule has 3 rings (SSSR count). The van der Waals surface area contributed by atoms with E-state index >= 15 is 0 Å². The Kier molecular flexibility index (Phi) is 2.88. The summed E-state index contributed by atoms with van der Waals surface area (Å²) in [5, 5.41) is 4.36. The van der Waals surface area contributed by atoms with Gasteiger partial charge in [0.1, 0.15) is 0 Å². The highest BCUT2D eigenvalue weighted by Crippen LogP contribution is 2.33. The van der Waals surface area contributed by atoms with Gasteiger partial charge in [0.15, 0.2) is 0 Å². The molecule has 2 aliphatic heterocycles. The van der Waals surface area contributed by atoms with Gasteiger partial charge in [0.25, 0.3) is 0 Å². The molecular formula is C13H16ClNO. The maximum atomic E-state index is 6.03. The van der Waals surface area contributed by atoms with Crippen molar-refractivity contribution in [1.29, 1.82) is 0 Å². The van der Waals surface area contributed by atoms with Gasteiger partial charge in [-0.05, 0) is 49.1 Å². The average molecular weight is 238 g/mol. The van der Waals surface area contributed by atoms with Crippen LogP contribution in [0.5, 0.6) is 0 Å². The number of rotatable bonds is 1. The van der Waals surface area contributed by atoms with Gasteiger partial charge in [-0.25, -0.2) is 0 Å². The molecule has 0 saturated carbocycles. The molecule has 1 N–H and O–H groups in total. The highest BCUT2D eigenvalue weighted by Gasteiger charge is 2.30. The second-order valence-electron chi connectivity index (χ2n) is 4.59. The molecule has 86 valence electrons. The molecule has 2 atom stereocenters. The molecule has 0 spiro atoms. The second kappa shape index (κ2) is 4.36. The van der Waals surface area contributed by atoms with Crippen LogP contribution in [0.15, 0.2) is 18.2 Å². The summed E-state index contributed by atoms with van der Waals surface area (Å²) < 4.78 is 5.92. The fourth-order valence-corrected chi connectivity index (χ4v) is 2.95. The lowest BCUT2D eigenvalue weighted by Crippen LogP contribution is -2.33. The van der Waals surface area contributed by atoms with Crippen molar-refractivity contribution in [1.82, 2.24) is 5.32 Å². The van der Waals surface area contributed by atoms with Crippen molar-refractivity contribution in [3.05, 3.63) is 34.3 Å². The molecular weight excluding hydrogens is 222 g/mol. The van der Waals surface area contributed by atoms with Crippen molar-refractivity contribution in [3.63, 3.8) is 0 Å². The predicted octanol–water partition coefficient (Wildman–Crippen LogP) is 2.71. The van der Waals surface area contributed by atoms with Crippen molar-refractivity contribution >= 4 is 11.6 Å². The molecule has 16 heavy (non-hydrogen) atoms. The average Bonchev–Trinajstić information content (AvgIpc) is 2.81. The molecule has 1 aromatic carbocycles. The van der Waals surface area contributed by atoms with Gasteiger partial charge < -0.3 is 10.1 Å². The van der Waals surface area contributed by atoms with Crippen molar-refractivity contribution in [2.75, 3.05) is 13.2 Å². The molecule has 2 aliphatic rings. The molecule has 1 unspecified atom stereocenters. The molecule has 3 heteroatoms. The summed E-state index contributed by atoms with van der Waals surface area (Å²) >= 11 is 6.03. The molecule has 1 fully saturated rings. The van der Waals surface area contributed by atoms with Gasteiger partial charge >= 0.3 is 0 Å². The highest BCUT2D eigenvalue weighted by molar-refractivity contribution is 6.30. The first-order chi connectivity index (χ1) is 7.84. The molecule has 1 aromatic rings. The third kappa shape index (κ3) is 1.86. The van der Waals surface area contributed by atoms with E-state index in [1.54, 1.807) is 0 Å². The Morgan fingerprint density at radius 1 is 1.38 bits per heavy atom. The quantitative estimate of drug-likeness (QED) is 0.811. The maximum Gasteiger partial charge on any atom is 0.0980 e. The smallest absolute Gasteiger partial charge is 0.0980 e. The topological polar surface area (TPSA) is 21.3 Å². The minimum atomic E-state index is 0.225. The van der Waals surface area contributed by atoms with E-state index in [4.69, 9.17) is 16.3 Å². The van der Waals surface area contributed by atoms with Crippen LogP contribution in [0.2, 0.25) is 5.02 Å². The van der Waals surface area contributed by atoms with Gasteiger partial charge in [0.05, 0.1) is 12.7 Å². The molecule has 0 radical (unpaired) electrons. The van der Waals surface area contributed by atoms with E-state index in [9.17, 15) is 0 Å². The lowest BCUT2D eigenvalue weighted by atomic mass is 9.92. The number of nitrogens with one attached hydrogen (secondary N) is 1. The Morgan fingerprint density at radius 2 is 2.31 bits per heavy atom. The van der Waals surface area contributed by atoms with Crippen LogP contribution in [0.25, 0.3) is 0 Å². The van der Waals surface area contributed by atoms with E-state index in [2.05, 4.69) is 17.4 Å². The molecule has 0 bridgehead atoms. The SMILES string of the molecule is Clc1ccc2c(c1)CCO[C@H]2C1CCCN1. The van der Waals surface area contributed by atoms with Gasteiger partial charge in [0.2, 0.25) is 0 Å². The second-order valence-corrected chi connectivity index (χ2v) is 5.02. The summed E-state index contributed by atoms with van der Waals surface area (Å²) in [6.07, 6.45) is 3.68. The van der Waals surface area contributed by atoms with Crippen LogP contribution in [-0.2, 0) is 11.2 Å². The van der Waals surface area contributed by atoms with Crippen LogP contribution in [0, 0.1) is 0 Å². The summed E-state index contributed by atoms with van der Waals surface area (Å²) in [6.45, 7) is 1.93. The van der Waals surface area contributed by atoms with Crippen molar-refractivity contribution in [2.24, 2.45) is 0 Å². The first kappa shape index (κ1) is 10.6. The van der Waals surface area contributed by atoms with E-state index in [0.717, 1.165) is 24.6 Å². The summed E-state index contributed by atoms with van der Waals surface area (Å²) in [6, 6.07) is 6.67. The van der Waals surface area contributed by atoms with Gasteiger partial charge in [-0.2, -0.15) is 0 Å². The predicted molar refractivity (Wildman–Crippen MR) is 64.9 cm³/mol. The molecule has 2 heterocycles. The van der Waals surface area contributed by atoms with Crippen LogP contribution >= 0.6 is 11.6 Å². The summed E-state index contributed by atoms with van der Waals surface area (Å²) in [5.74, 6) is 0. The van der Waals surface area contributed by atoms with Gasteiger partial charge in [-0.3, -0.25) is 0 Å². The lowest BCUT2D eigenvalue weighted by Gasteiger charge is -2.30. The van der Waals surface area contributed by atoms with E-state index in [-0.39, 0.29) is 6.10 Å². The van der Waals surface area contributed by atoms with E-state index in [0.29, 0.717) is 6.04 Å². The Bertz CT molecular complexity index is 388. The summed E-state index contributed by atoms with van der Waals surface area (Å²) in [7, 11) is 0. The first-order valence-electron chi connectivity index (χ1n) is 5.98. The Hall–Kier alpha value is -0.570. The fourth-order valence-electron chi connectivity index (χ4n) is 2.76. The van der Waals surface area contributed by atoms with Crippen LogP contribution in [0.3, 0.4) is 0 Å². The summed E-state index contributed by atoms with van der Waals surface area (Å²) in [4.78, 5) is 0. The minimum absolute atomic E-state index is 0.225. The molecule has 2 nitrogen and oxygen atoms in total. The van der Waals surface area contributed by atoms with E-state index in [1.165, 1.54) is 24.0 Å². The van der Waals surface area contributed by atoms with Crippen molar-refractivity contribution < 1.29 is 4.74 Å². The lowest BCUT2D eigenvalue weighted by molar-refractivity contribution is 0.0199. The zero-order valence-electron chi connectivity index (χ0n) is 9.21. The number of hydrogen-bond acceptors (Lipinski definition) is 2. The molecule has 0 aromatic heterocycles. The van der Waals surface area contributed by atoms with E-state index in [1.807, 2.05) is 6.07 Å². The van der Waals surface area contributed by atoms with Crippen molar-refractivity contribution in [3.8, 4) is 0 Å². The Morgan fingerprint density at radius 3 is 3.12 bits per heavy atom. The number of benzene rings is 1. The zero-order valence-corrected chi connectivity index (χ0v) is 9.96. The van der Waals surface area contributed by atoms with Gasteiger partial charge in [-0.15, -0.1) is 0 Å². The third-order valence-electron chi connectivity index (χ3n) is 3.54. The van der Waals surface area contributed by atoms with Crippen molar-refractivity contribution in [2.45, 2.75) is 31.4 Å². The Balaban J connectivity index is 1.93. The van der Waals surface area contributed by atoms with Gasteiger partial charge in [0, 0.05) is 11.1 Å². The molecule has 0 aliphatic carbocycles. The largest absolute Gasteiger partial charge is 0.372 e. The number of hydrogen-bond donors (Lipinski definition) is 1. The van der Waals surface area contributed by atoms with Gasteiger partial charge in [-0.1, -0.05) is 17.7 Å². The van der Waals surface area contributed by atoms with Crippen LogP contribution in [-0.4, -0.2) is 19.2 Å². The minimum Gasteiger partial charge on any atom is -0.372 e. The fraction of sp³-hybridized carbons (Fsp3) is 0.538. The number of halogens is 1. The molecule has 1 saturated heterocycles. The van der Waals surface area contributed by atoms with Crippen LogP contribution in [0.4, 0.5) is 0 Å². The summed E-state index contributed by atoms with van der Waals surface area (Å²) in [5.41, 5.74) is 2.69. The number of fused-ring (bicyclic) bond motifs is 1. The third-order valence-corrected chi connectivity index (χ3v) is 3.78. The van der Waals surface area contributed by atoms with Crippen LogP contribution in [0.1, 0.15) is 30.1 Å². The zero-order chi connectivity index (χ0) is 11.0. The normalized spacial score (nSPS) is 29.1.